The van der Waals surface area contributed by atoms with Crippen LogP contribution in [0.15, 0.2) is 24.3 Å². The maximum Gasteiger partial charge on any atom is 0.247 e. The van der Waals surface area contributed by atoms with E-state index in [1.165, 1.54) is 37.7 Å². The molecule has 2 N–H and O–H groups in total. The van der Waals surface area contributed by atoms with Crippen molar-refractivity contribution in [1.82, 2.24) is 9.37 Å². The van der Waals surface area contributed by atoms with Crippen LogP contribution in [0.5, 0.6) is 0 Å². The van der Waals surface area contributed by atoms with Crippen molar-refractivity contribution >= 4 is 32.7 Å². The summed E-state index contributed by atoms with van der Waals surface area (Å²) in [6, 6.07) is 8.40. The van der Waals surface area contributed by atoms with Crippen LogP contribution < -0.4 is 4.90 Å². The maximum atomic E-state index is 12.8. The van der Waals surface area contributed by atoms with E-state index in [2.05, 4.69) is 24.0 Å². The van der Waals surface area contributed by atoms with Gasteiger partial charge in [-0.25, -0.2) is 0 Å². The molecule has 1 amide bonds. The quantitative estimate of drug-likeness (QED) is 0.557. The Bertz CT molecular complexity index is 766. The molecule has 6 nitrogen and oxygen atoms in total. The third-order valence-electron chi connectivity index (χ3n) is 6.98. The van der Waals surface area contributed by atoms with Crippen LogP contribution in [0.1, 0.15) is 71.3 Å². The molecule has 0 aromatic heterocycles. The summed E-state index contributed by atoms with van der Waals surface area (Å²) in [5, 5.41) is 9.96. The summed E-state index contributed by atoms with van der Waals surface area (Å²) in [6.07, 6.45) is 7.77. The number of carbonyl (C=O) groups is 1. The molecule has 3 aliphatic rings. The lowest BCUT2D eigenvalue weighted by Gasteiger charge is -2.39. The fourth-order valence-corrected chi connectivity index (χ4v) is 5.47. The molecule has 1 aromatic rings. The van der Waals surface area contributed by atoms with Gasteiger partial charge in [0.05, 0.1) is 0 Å². The lowest BCUT2D eigenvalue weighted by molar-refractivity contribution is -0.133. The van der Waals surface area contributed by atoms with E-state index in [4.69, 9.17) is 11.2 Å². The largest absolute Gasteiger partial charge is 0.314 e. The normalized spacial score (nSPS) is 23.9. The molecule has 1 aromatic carbocycles. The van der Waals surface area contributed by atoms with Crippen molar-refractivity contribution in [2.75, 3.05) is 24.5 Å². The van der Waals surface area contributed by atoms with Gasteiger partial charge in [0, 0.05) is 30.2 Å². The number of hydrogen-bond donors (Lipinski definition) is 2. The second-order valence-electron chi connectivity index (χ2n) is 8.66. The first-order valence-corrected chi connectivity index (χ1v) is 13.8. The number of rotatable bonds is 8. The minimum absolute atomic E-state index is 0.203. The highest BCUT2D eigenvalue weighted by Gasteiger charge is 2.46. The van der Waals surface area contributed by atoms with E-state index in [-0.39, 0.29) is 11.3 Å². The zero-order valence-corrected chi connectivity index (χ0v) is 20.6. The number of carbonyl (C=O) groups excluding carboxylic acids is 1. The molecular weight excluding hydrogens is 430 g/mol. The Kier molecular flexibility index (Phi) is 8.63. The first kappa shape index (κ1) is 24.7. The predicted molar refractivity (Wildman–Crippen MR) is 130 cm³/mol. The van der Waals surface area contributed by atoms with Gasteiger partial charge < -0.3 is 14.7 Å². The molecule has 2 unspecified atom stereocenters. The average molecular weight is 468 g/mol. The third kappa shape index (κ3) is 5.37. The molecule has 31 heavy (non-hydrogen) atoms. The third-order valence-corrected chi connectivity index (χ3v) is 8.02. The van der Waals surface area contributed by atoms with Crippen LogP contribution in [0.3, 0.4) is 0 Å². The number of nitrogens with zero attached hydrogens (tertiary/aromatic N) is 3. The molecular formula is C23H37N3O3S2. The SMILES string of the molecule is CC.CCN(CC1(c2ccc(N3CCCC(N(O)S(O)=S)C3=O)cc2)CC1)C1CCC1. The van der Waals surface area contributed by atoms with Gasteiger partial charge in [-0.05, 0) is 74.0 Å². The Morgan fingerprint density at radius 1 is 1.16 bits per heavy atom. The zero-order chi connectivity index (χ0) is 22.6. The van der Waals surface area contributed by atoms with Gasteiger partial charge in [-0.3, -0.25) is 9.69 Å². The van der Waals surface area contributed by atoms with Gasteiger partial charge in [0.2, 0.25) is 5.91 Å². The molecule has 4 rings (SSSR count). The summed E-state index contributed by atoms with van der Waals surface area (Å²) < 4.78 is 10.1. The van der Waals surface area contributed by atoms with Crippen LogP contribution in [-0.4, -0.2) is 56.8 Å². The first-order chi connectivity index (χ1) is 14.9. The van der Waals surface area contributed by atoms with Gasteiger partial charge >= 0.3 is 0 Å². The smallest absolute Gasteiger partial charge is 0.247 e. The van der Waals surface area contributed by atoms with Crippen molar-refractivity contribution in [3.8, 4) is 0 Å². The molecule has 3 fully saturated rings. The van der Waals surface area contributed by atoms with Crippen molar-refractivity contribution in [1.29, 1.82) is 0 Å². The van der Waals surface area contributed by atoms with Crippen LogP contribution >= 0.6 is 0 Å². The maximum absolute atomic E-state index is 12.8. The zero-order valence-electron chi connectivity index (χ0n) is 19.0. The molecule has 174 valence electrons. The monoisotopic (exact) mass is 467 g/mol. The van der Waals surface area contributed by atoms with E-state index >= 15 is 0 Å². The first-order valence-electron chi connectivity index (χ1n) is 11.7. The highest BCUT2D eigenvalue weighted by atomic mass is 32.8. The standard InChI is InChI=1S/C21H31N3O3S2.C2H6/c1-2-22(17-5-3-6-17)15-21(12-13-21)16-8-10-18(11-9-16)23-14-4-7-19(20(23)25)24(26)29(27)28;1-2/h8-11,17,19,26H,2-7,12-15H2,1H3,(H,27,28);1-2H3. The fourth-order valence-electron chi connectivity index (χ4n) is 4.75. The molecule has 1 saturated heterocycles. The second-order valence-corrected chi connectivity index (χ2v) is 10.4. The van der Waals surface area contributed by atoms with Gasteiger partial charge in [0.25, 0.3) is 0 Å². The van der Waals surface area contributed by atoms with Gasteiger partial charge in [0.15, 0.2) is 0 Å². The van der Waals surface area contributed by atoms with E-state index in [1.807, 2.05) is 26.0 Å². The summed E-state index contributed by atoms with van der Waals surface area (Å²) in [6.45, 7) is 9.13. The molecule has 2 saturated carbocycles. The van der Waals surface area contributed by atoms with Gasteiger partial charge in [-0.1, -0.05) is 43.8 Å². The van der Waals surface area contributed by atoms with Crippen molar-refractivity contribution < 1.29 is 14.6 Å². The van der Waals surface area contributed by atoms with Crippen LogP contribution in [0.25, 0.3) is 0 Å². The number of amides is 1. The molecule has 2 atom stereocenters. The lowest BCUT2D eigenvalue weighted by atomic mass is 9.88. The van der Waals surface area contributed by atoms with E-state index in [0.29, 0.717) is 17.4 Å². The summed E-state index contributed by atoms with van der Waals surface area (Å²) in [5.41, 5.74) is 2.49. The lowest BCUT2D eigenvalue weighted by Crippen LogP contribution is -2.51. The van der Waals surface area contributed by atoms with E-state index in [9.17, 15) is 14.6 Å². The van der Waals surface area contributed by atoms with Crippen molar-refractivity contribution in [2.24, 2.45) is 0 Å². The van der Waals surface area contributed by atoms with E-state index in [0.717, 1.165) is 31.2 Å². The summed E-state index contributed by atoms with van der Waals surface area (Å²) in [7, 11) is -1.74. The minimum atomic E-state index is -1.74. The average Bonchev–Trinajstić information content (AvgIpc) is 3.54. The summed E-state index contributed by atoms with van der Waals surface area (Å²) in [5.74, 6) is -0.203. The topological polar surface area (TPSA) is 67.2 Å². The molecule has 1 aliphatic heterocycles. The Morgan fingerprint density at radius 2 is 1.81 bits per heavy atom. The van der Waals surface area contributed by atoms with Crippen LogP contribution in [0.4, 0.5) is 5.69 Å². The van der Waals surface area contributed by atoms with Crippen LogP contribution in [-0.2, 0) is 31.3 Å². The minimum Gasteiger partial charge on any atom is -0.314 e. The molecule has 2 aliphatic carbocycles. The van der Waals surface area contributed by atoms with Crippen molar-refractivity contribution in [3.63, 3.8) is 0 Å². The molecule has 0 spiro atoms. The Labute approximate surface area is 194 Å². The summed E-state index contributed by atoms with van der Waals surface area (Å²) >= 11 is 4.72. The Hall–Kier alpha value is -0.900. The van der Waals surface area contributed by atoms with Crippen LogP contribution in [0, 0.1) is 0 Å². The van der Waals surface area contributed by atoms with Gasteiger partial charge in [0.1, 0.15) is 16.0 Å². The molecule has 8 heteroatoms. The van der Waals surface area contributed by atoms with E-state index < -0.39 is 16.0 Å². The summed E-state index contributed by atoms with van der Waals surface area (Å²) in [4.78, 5) is 17.2. The number of likely N-dealkylation sites (N-methyl/N-ethyl adjacent to an activating group) is 1. The van der Waals surface area contributed by atoms with Crippen molar-refractivity contribution in [2.45, 2.75) is 83.2 Å². The number of hydrogen-bond acceptors (Lipinski definition) is 4. The number of piperidine rings is 1. The van der Waals surface area contributed by atoms with Crippen LogP contribution in [0.2, 0.25) is 0 Å². The predicted octanol–water partition coefficient (Wildman–Crippen LogP) is 4.27. The fraction of sp³-hybridized carbons (Fsp3) is 0.696. The second kappa shape index (κ2) is 10.8. The van der Waals surface area contributed by atoms with E-state index in [1.54, 1.807) is 4.90 Å². The highest BCUT2D eigenvalue weighted by Crippen LogP contribution is 2.50. The molecule has 1 heterocycles. The highest BCUT2D eigenvalue weighted by molar-refractivity contribution is 8.24. The molecule has 0 radical (unpaired) electrons. The number of anilines is 1. The Balaban J connectivity index is 0.00000132. The molecule has 0 bridgehead atoms. The van der Waals surface area contributed by atoms with Crippen molar-refractivity contribution in [3.05, 3.63) is 29.8 Å². The Morgan fingerprint density at radius 3 is 2.29 bits per heavy atom. The number of hydroxylamine groups is 1. The van der Waals surface area contributed by atoms with Gasteiger partial charge in [-0.15, -0.1) is 0 Å². The number of benzene rings is 1. The van der Waals surface area contributed by atoms with Gasteiger partial charge in [-0.2, -0.15) is 0 Å².